The molecule has 0 unspecified atom stereocenters. The maximum Gasteiger partial charge on any atom is 0.416 e. The summed E-state index contributed by atoms with van der Waals surface area (Å²) in [5.41, 5.74) is 2.23. The first-order chi connectivity index (χ1) is 10.2. The molecule has 1 aliphatic heterocycles. The van der Waals surface area contributed by atoms with Crippen LogP contribution in [0, 0.1) is 11.3 Å². The molecule has 2 heterocycles. The number of carbonyl (C=O) groups excluding carboxylic acids is 1. The fourth-order valence-corrected chi connectivity index (χ4v) is 3.46. The summed E-state index contributed by atoms with van der Waals surface area (Å²) in [6.45, 7) is 0.470. The lowest BCUT2D eigenvalue weighted by atomic mass is 10.1. The van der Waals surface area contributed by atoms with E-state index in [0.29, 0.717) is 17.3 Å². The van der Waals surface area contributed by atoms with Gasteiger partial charge in [-0.05, 0) is 25.0 Å². The number of benzene rings is 1. The Hall–Kier alpha value is -2.39. The normalized spacial score (nSPS) is 18.6. The molecular weight excluding hydrogens is 286 g/mol. The monoisotopic (exact) mass is 297 g/mol. The Morgan fingerprint density at radius 2 is 2.10 bits per heavy atom. The second-order valence-corrected chi connectivity index (χ2v) is 6.16. The van der Waals surface area contributed by atoms with Crippen molar-refractivity contribution in [3.8, 4) is 17.3 Å². The van der Waals surface area contributed by atoms with Crippen molar-refractivity contribution < 1.29 is 9.53 Å². The first kappa shape index (κ1) is 12.4. The largest absolute Gasteiger partial charge is 0.447 e. The first-order valence-electron chi connectivity index (χ1n) is 6.65. The van der Waals surface area contributed by atoms with Gasteiger partial charge in [0.1, 0.15) is 6.61 Å². The van der Waals surface area contributed by atoms with Gasteiger partial charge in [0, 0.05) is 10.9 Å². The van der Waals surface area contributed by atoms with Crippen LogP contribution >= 0.6 is 11.3 Å². The lowest BCUT2D eigenvalue weighted by molar-refractivity contribution is 0.178. The van der Waals surface area contributed by atoms with Crippen LogP contribution in [0.1, 0.15) is 18.4 Å². The Kier molecular flexibility index (Phi) is 2.53. The molecule has 5 nitrogen and oxygen atoms in total. The summed E-state index contributed by atoms with van der Waals surface area (Å²) in [6, 6.07) is 9.36. The molecule has 104 valence electrons. The van der Waals surface area contributed by atoms with Gasteiger partial charge in [-0.15, -0.1) is 11.3 Å². The Balaban J connectivity index is 1.66. The molecule has 1 aliphatic carbocycles. The second-order valence-electron chi connectivity index (χ2n) is 5.32. The Labute approximate surface area is 125 Å². The van der Waals surface area contributed by atoms with Crippen LogP contribution in [0.2, 0.25) is 0 Å². The lowest BCUT2D eigenvalue weighted by Gasteiger charge is -2.16. The molecule has 6 heteroatoms. The number of rotatable bonds is 2. The highest BCUT2D eigenvalue weighted by Crippen LogP contribution is 2.49. The van der Waals surface area contributed by atoms with Gasteiger partial charge in [0.15, 0.2) is 5.13 Å². The zero-order valence-corrected chi connectivity index (χ0v) is 11.9. The van der Waals surface area contributed by atoms with Crippen LogP contribution in [0.25, 0.3) is 11.3 Å². The van der Waals surface area contributed by atoms with E-state index in [0.717, 1.165) is 24.1 Å². The highest BCUT2D eigenvalue weighted by Gasteiger charge is 2.58. The van der Waals surface area contributed by atoms with Crippen molar-refractivity contribution in [2.24, 2.45) is 0 Å². The number of thiazole rings is 1. The maximum absolute atomic E-state index is 11.9. The zero-order chi connectivity index (χ0) is 14.4. The fourth-order valence-electron chi connectivity index (χ4n) is 2.53. The fraction of sp³-hybridized carbons (Fsp3) is 0.267. The van der Waals surface area contributed by atoms with Crippen LogP contribution in [-0.4, -0.2) is 23.2 Å². The maximum atomic E-state index is 11.9. The van der Waals surface area contributed by atoms with E-state index in [2.05, 4.69) is 11.1 Å². The van der Waals surface area contributed by atoms with Crippen LogP contribution in [0.4, 0.5) is 9.93 Å². The standard InChI is InChI=1S/C15H11N3O2S/c16-7-10-1-3-11(4-2-10)12-8-21-13(17-12)18-14(19)20-9-15(18)5-6-15/h1-4,8H,5-6,9H2. The summed E-state index contributed by atoms with van der Waals surface area (Å²) in [4.78, 5) is 18.2. The van der Waals surface area contributed by atoms with Gasteiger partial charge in [-0.3, -0.25) is 0 Å². The van der Waals surface area contributed by atoms with E-state index in [1.54, 1.807) is 17.0 Å². The van der Waals surface area contributed by atoms with Gasteiger partial charge < -0.3 is 4.74 Å². The molecule has 0 bridgehead atoms. The van der Waals surface area contributed by atoms with E-state index in [1.165, 1.54) is 11.3 Å². The third-order valence-corrected chi connectivity index (χ3v) is 4.77. The smallest absolute Gasteiger partial charge is 0.416 e. The molecule has 2 aliphatic rings. The molecule has 1 aromatic heterocycles. The molecule has 2 aromatic rings. The van der Waals surface area contributed by atoms with E-state index < -0.39 is 0 Å². The quantitative estimate of drug-likeness (QED) is 0.854. The predicted molar refractivity (Wildman–Crippen MR) is 78.1 cm³/mol. The minimum Gasteiger partial charge on any atom is -0.447 e. The van der Waals surface area contributed by atoms with E-state index in [1.807, 2.05) is 17.5 Å². The molecule has 1 saturated carbocycles. The van der Waals surface area contributed by atoms with Crippen molar-refractivity contribution >= 4 is 22.6 Å². The topological polar surface area (TPSA) is 66.2 Å². The molecule has 1 amide bonds. The lowest BCUT2D eigenvalue weighted by Crippen LogP contribution is -2.35. The van der Waals surface area contributed by atoms with Crippen LogP contribution in [0.3, 0.4) is 0 Å². The molecule has 2 fully saturated rings. The summed E-state index contributed by atoms with van der Waals surface area (Å²) in [5, 5.41) is 11.4. The summed E-state index contributed by atoms with van der Waals surface area (Å²) in [7, 11) is 0. The van der Waals surface area contributed by atoms with Crippen molar-refractivity contribution in [3.63, 3.8) is 0 Å². The zero-order valence-electron chi connectivity index (χ0n) is 11.1. The summed E-state index contributed by atoms with van der Waals surface area (Å²) in [5.74, 6) is 0. The number of hydrogen-bond donors (Lipinski definition) is 0. The van der Waals surface area contributed by atoms with Crippen molar-refractivity contribution in [2.45, 2.75) is 18.4 Å². The molecule has 0 N–H and O–H groups in total. The molecular formula is C15H11N3O2S. The van der Waals surface area contributed by atoms with Gasteiger partial charge in [-0.2, -0.15) is 5.26 Å². The van der Waals surface area contributed by atoms with E-state index in [4.69, 9.17) is 10.00 Å². The molecule has 1 saturated heterocycles. The van der Waals surface area contributed by atoms with Crippen molar-refractivity contribution in [1.82, 2.24) is 4.98 Å². The summed E-state index contributed by atoms with van der Waals surface area (Å²) in [6.07, 6.45) is 1.66. The Morgan fingerprint density at radius 3 is 2.76 bits per heavy atom. The number of nitriles is 1. The summed E-state index contributed by atoms with van der Waals surface area (Å²) >= 11 is 1.45. The van der Waals surface area contributed by atoms with Crippen LogP contribution in [0.15, 0.2) is 29.6 Å². The van der Waals surface area contributed by atoms with Crippen molar-refractivity contribution in [3.05, 3.63) is 35.2 Å². The Morgan fingerprint density at radius 1 is 1.33 bits per heavy atom. The van der Waals surface area contributed by atoms with Gasteiger partial charge in [0.05, 0.1) is 22.9 Å². The molecule has 1 spiro atoms. The van der Waals surface area contributed by atoms with Crippen molar-refractivity contribution in [1.29, 1.82) is 5.26 Å². The van der Waals surface area contributed by atoms with Crippen LogP contribution in [-0.2, 0) is 4.74 Å². The average molecular weight is 297 g/mol. The number of amides is 1. The molecule has 4 rings (SSSR count). The predicted octanol–water partition coefficient (Wildman–Crippen LogP) is 3.17. The number of ether oxygens (including phenoxy) is 1. The van der Waals surface area contributed by atoms with E-state index >= 15 is 0 Å². The molecule has 21 heavy (non-hydrogen) atoms. The SMILES string of the molecule is N#Cc1ccc(-c2csc(N3C(=O)OCC34CC4)n2)cc1. The third kappa shape index (κ3) is 1.89. The highest BCUT2D eigenvalue weighted by molar-refractivity contribution is 7.14. The highest BCUT2D eigenvalue weighted by atomic mass is 32.1. The van der Waals surface area contributed by atoms with Gasteiger partial charge in [0.25, 0.3) is 0 Å². The van der Waals surface area contributed by atoms with Gasteiger partial charge in [-0.1, -0.05) is 12.1 Å². The summed E-state index contributed by atoms with van der Waals surface area (Å²) < 4.78 is 5.16. The second kappa shape index (κ2) is 4.30. The number of aromatic nitrogens is 1. The van der Waals surface area contributed by atoms with Crippen LogP contribution < -0.4 is 4.90 Å². The third-order valence-electron chi connectivity index (χ3n) is 3.94. The van der Waals surface area contributed by atoms with Gasteiger partial charge >= 0.3 is 6.09 Å². The van der Waals surface area contributed by atoms with E-state index in [-0.39, 0.29) is 11.6 Å². The minimum atomic E-state index is -0.298. The molecule has 0 atom stereocenters. The van der Waals surface area contributed by atoms with E-state index in [9.17, 15) is 4.79 Å². The Bertz CT molecular complexity index is 756. The number of hydrogen-bond acceptors (Lipinski definition) is 5. The first-order valence-corrected chi connectivity index (χ1v) is 7.53. The number of nitrogens with zero attached hydrogens (tertiary/aromatic N) is 3. The number of carbonyl (C=O) groups is 1. The van der Waals surface area contributed by atoms with Crippen LogP contribution in [0.5, 0.6) is 0 Å². The van der Waals surface area contributed by atoms with Gasteiger partial charge in [0.2, 0.25) is 0 Å². The van der Waals surface area contributed by atoms with Crippen molar-refractivity contribution in [2.75, 3.05) is 11.5 Å². The van der Waals surface area contributed by atoms with Gasteiger partial charge in [-0.25, -0.2) is 14.7 Å². The number of cyclic esters (lactones) is 1. The molecule has 0 radical (unpaired) electrons. The average Bonchev–Trinajstić information content (AvgIpc) is 2.99. The molecule has 1 aromatic carbocycles. The minimum absolute atomic E-state index is 0.142. The number of anilines is 1.